The zero-order valence-electron chi connectivity index (χ0n) is 10.5. The second-order valence-corrected chi connectivity index (χ2v) is 5.09. The maximum Gasteiger partial charge on any atom is 0.0405 e. The summed E-state index contributed by atoms with van der Waals surface area (Å²) in [4.78, 5) is 2.09. The second kappa shape index (κ2) is 4.09. The number of anilines is 1. The summed E-state index contributed by atoms with van der Waals surface area (Å²) in [6, 6.07) is 8.67. The monoisotopic (exact) mass is 203 g/mol. The summed E-state index contributed by atoms with van der Waals surface area (Å²) < 4.78 is 0. The highest BCUT2D eigenvalue weighted by atomic mass is 15.1. The Hall–Kier alpha value is -1.24. The topological polar surface area (TPSA) is 3.24 Å². The molecule has 0 aliphatic rings. The molecule has 0 atom stereocenters. The van der Waals surface area contributed by atoms with Gasteiger partial charge in [-0.15, -0.1) is 0 Å². The van der Waals surface area contributed by atoms with Crippen LogP contribution in [0.25, 0.3) is 0 Å². The standard InChI is InChI=1S/C14H21N/c1-11(2)15(6)13-9-7-12(8-10-13)14(3,4)5/h7-10H,1H2,2-6H3. The van der Waals surface area contributed by atoms with Crippen LogP contribution in [0, 0.1) is 0 Å². The van der Waals surface area contributed by atoms with Gasteiger partial charge < -0.3 is 4.90 Å². The second-order valence-electron chi connectivity index (χ2n) is 5.09. The molecule has 0 spiro atoms. The summed E-state index contributed by atoms with van der Waals surface area (Å²) in [7, 11) is 2.04. The van der Waals surface area contributed by atoms with E-state index >= 15 is 0 Å². The van der Waals surface area contributed by atoms with Gasteiger partial charge in [0, 0.05) is 18.4 Å². The van der Waals surface area contributed by atoms with Gasteiger partial charge in [-0.1, -0.05) is 39.5 Å². The molecule has 0 saturated carbocycles. The summed E-state index contributed by atoms with van der Waals surface area (Å²) >= 11 is 0. The van der Waals surface area contributed by atoms with Gasteiger partial charge in [0.15, 0.2) is 0 Å². The first-order chi connectivity index (χ1) is 6.82. The van der Waals surface area contributed by atoms with E-state index in [-0.39, 0.29) is 5.41 Å². The van der Waals surface area contributed by atoms with E-state index in [1.165, 1.54) is 11.3 Å². The molecule has 15 heavy (non-hydrogen) atoms. The molecule has 0 aliphatic carbocycles. The molecule has 1 nitrogen and oxygen atoms in total. The summed E-state index contributed by atoms with van der Waals surface area (Å²) in [5.41, 5.74) is 3.83. The van der Waals surface area contributed by atoms with Crippen LogP contribution in [0.2, 0.25) is 0 Å². The average molecular weight is 203 g/mol. The summed E-state index contributed by atoms with van der Waals surface area (Å²) in [5, 5.41) is 0. The zero-order valence-corrected chi connectivity index (χ0v) is 10.5. The summed E-state index contributed by atoms with van der Waals surface area (Å²) in [6.07, 6.45) is 0. The van der Waals surface area contributed by atoms with Crippen molar-refractivity contribution in [3.8, 4) is 0 Å². The number of hydrogen-bond acceptors (Lipinski definition) is 1. The molecule has 0 unspecified atom stereocenters. The van der Waals surface area contributed by atoms with Gasteiger partial charge in [-0.2, -0.15) is 0 Å². The maximum absolute atomic E-state index is 3.93. The van der Waals surface area contributed by atoms with Crippen molar-refractivity contribution in [2.45, 2.75) is 33.1 Å². The molecule has 1 rings (SSSR count). The number of hydrogen-bond donors (Lipinski definition) is 0. The first-order valence-corrected chi connectivity index (χ1v) is 5.32. The lowest BCUT2D eigenvalue weighted by molar-refractivity contribution is 0.590. The largest absolute Gasteiger partial charge is 0.349 e. The first-order valence-electron chi connectivity index (χ1n) is 5.32. The van der Waals surface area contributed by atoms with Crippen LogP contribution in [0.3, 0.4) is 0 Å². The molecule has 1 aromatic rings. The third-order valence-corrected chi connectivity index (χ3v) is 2.69. The van der Waals surface area contributed by atoms with E-state index in [4.69, 9.17) is 0 Å². The lowest BCUT2D eigenvalue weighted by Crippen LogP contribution is -2.14. The van der Waals surface area contributed by atoms with Gasteiger partial charge >= 0.3 is 0 Å². The first kappa shape index (κ1) is 11.8. The molecule has 1 aromatic carbocycles. The third-order valence-electron chi connectivity index (χ3n) is 2.69. The molecule has 0 amide bonds. The highest BCUT2D eigenvalue weighted by molar-refractivity contribution is 5.51. The summed E-state index contributed by atoms with van der Waals surface area (Å²) in [6.45, 7) is 12.6. The van der Waals surface area contributed by atoms with Crippen molar-refractivity contribution in [2.24, 2.45) is 0 Å². The molecule has 82 valence electrons. The van der Waals surface area contributed by atoms with Crippen LogP contribution in [-0.2, 0) is 5.41 Å². The molecular weight excluding hydrogens is 182 g/mol. The van der Waals surface area contributed by atoms with E-state index in [1.54, 1.807) is 0 Å². The minimum absolute atomic E-state index is 0.223. The Bertz CT molecular complexity index is 341. The Morgan fingerprint density at radius 3 is 1.93 bits per heavy atom. The third kappa shape index (κ3) is 2.85. The van der Waals surface area contributed by atoms with Crippen molar-refractivity contribution in [3.63, 3.8) is 0 Å². The predicted molar refractivity (Wildman–Crippen MR) is 68.4 cm³/mol. The van der Waals surface area contributed by atoms with Crippen molar-refractivity contribution in [1.82, 2.24) is 0 Å². The van der Waals surface area contributed by atoms with Crippen LogP contribution in [-0.4, -0.2) is 7.05 Å². The highest BCUT2D eigenvalue weighted by Crippen LogP contribution is 2.25. The quantitative estimate of drug-likeness (QED) is 0.703. The van der Waals surface area contributed by atoms with Gasteiger partial charge in [0.25, 0.3) is 0 Å². The van der Waals surface area contributed by atoms with E-state index < -0.39 is 0 Å². The van der Waals surface area contributed by atoms with Crippen molar-refractivity contribution in [3.05, 3.63) is 42.1 Å². The van der Waals surface area contributed by atoms with Crippen LogP contribution in [0.15, 0.2) is 36.5 Å². The average Bonchev–Trinajstić information content (AvgIpc) is 2.15. The van der Waals surface area contributed by atoms with Gasteiger partial charge in [-0.25, -0.2) is 0 Å². The Morgan fingerprint density at radius 1 is 1.13 bits per heavy atom. The zero-order chi connectivity index (χ0) is 11.6. The number of allylic oxidation sites excluding steroid dienone is 1. The Balaban J connectivity index is 2.95. The molecule has 1 heteroatoms. The van der Waals surface area contributed by atoms with E-state index in [9.17, 15) is 0 Å². The summed E-state index contributed by atoms with van der Waals surface area (Å²) in [5.74, 6) is 0. The Labute approximate surface area is 93.4 Å². The lowest BCUT2D eigenvalue weighted by atomic mass is 9.87. The van der Waals surface area contributed by atoms with Gasteiger partial charge in [0.2, 0.25) is 0 Å². The maximum atomic E-state index is 3.93. The molecule has 0 N–H and O–H groups in total. The minimum atomic E-state index is 0.223. The van der Waals surface area contributed by atoms with Crippen LogP contribution in [0.5, 0.6) is 0 Å². The van der Waals surface area contributed by atoms with Crippen molar-refractivity contribution in [2.75, 3.05) is 11.9 Å². The molecule has 0 heterocycles. The normalized spacial score (nSPS) is 11.3. The molecule has 0 aliphatic heterocycles. The van der Waals surface area contributed by atoms with Crippen LogP contribution in [0.1, 0.15) is 33.3 Å². The Morgan fingerprint density at radius 2 is 1.60 bits per heavy atom. The van der Waals surface area contributed by atoms with E-state index in [0.29, 0.717) is 0 Å². The van der Waals surface area contributed by atoms with Crippen LogP contribution in [0.4, 0.5) is 5.69 Å². The van der Waals surface area contributed by atoms with Gasteiger partial charge in [0.1, 0.15) is 0 Å². The lowest BCUT2D eigenvalue weighted by Gasteiger charge is -2.22. The minimum Gasteiger partial charge on any atom is -0.349 e. The van der Waals surface area contributed by atoms with Gasteiger partial charge in [0.05, 0.1) is 0 Å². The van der Waals surface area contributed by atoms with Crippen molar-refractivity contribution in [1.29, 1.82) is 0 Å². The Kier molecular flexibility index (Phi) is 3.23. The number of benzene rings is 1. The van der Waals surface area contributed by atoms with Crippen molar-refractivity contribution >= 4 is 5.69 Å². The number of nitrogens with zero attached hydrogens (tertiary/aromatic N) is 1. The molecule has 0 bridgehead atoms. The molecular formula is C14H21N. The highest BCUT2D eigenvalue weighted by Gasteiger charge is 2.13. The van der Waals surface area contributed by atoms with E-state index in [1.807, 2.05) is 14.0 Å². The number of rotatable bonds is 2. The fourth-order valence-corrected chi connectivity index (χ4v) is 1.41. The predicted octanol–water partition coefficient (Wildman–Crippen LogP) is 3.95. The van der Waals surface area contributed by atoms with E-state index in [2.05, 4.69) is 56.5 Å². The fraction of sp³-hybridized carbons (Fsp3) is 0.429. The smallest absolute Gasteiger partial charge is 0.0405 e. The van der Waals surface area contributed by atoms with Crippen molar-refractivity contribution < 1.29 is 0 Å². The molecule has 0 radical (unpaired) electrons. The SMILES string of the molecule is C=C(C)N(C)c1ccc(C(C)(C)C)cc1. The fourth-order valence-electron chi connectivity index (χ4n) is 1.41. The molecule has 0 aromatic heterocycles. The van der Waals surface area contributed by atoms with Gasteiger partial charge in [-0.05, 0) is 30.0 Å². The molecule has 0 fully saturated rings. The van der Waals surface area contributed by atoms with Crippen LogP contribution < -0.4 is 4.90 Å². The van der Waals surface area contributed by atoms with Crippen LogP contribution >= 0.6 is 0 Å². The molecule has 0 saturated heterocycles. The van der Waals surface area contributed by atoms with Gasteiger partial charge in [-0.3, -0.25) is 0 Å². The van der Waals surface area contributed by atoms with E-state index in [0.717, 1.165) is 5.70 Å².